The molecule has 3 aliphatic rings. The van der Waals surface area contributed by atoms with E-state index in [0.29, 0.717) is 38.0 Å². The summed E-state index contributed by atoms with van der Waals surface area (Å²) in [6, 6.07) is 4.44. The van der Waals surface area contributed by atoms with E-state index in [0.717, 1.165) is 17.7 Å². The van der Waals surface area contributed by atoms with Crippen LogP contribution in [0.2, 0.25) is 0 Å². The minimum absolute atomic E-state index is 0.297. The third-order valence-corrected chi connectivity index (χ3v) is 6.15. The number of amides is 4. The van der Waals surface area contributed by atoms with E-state index in [4.69, 9.17) is 0 Å². The minimum Gasteiger partial charge on any atom is -0.331 e. The van der Waals surface area contributed by atoms with Crippen LogP contribution in [0, 0.1) is 5.82 Å². The van der Waals surface area contributed by atoms with Gasteiger partial charge in [-0.15, -0.1) is 0 Å². The Morgan fingerprint density at radius 3 is 2.75 bits per heavy atom. The Hall–Kier alpha value is -2.48. The SMILES string of the molecule is CC(C(=O)N1CCNCC1c1cccc(F)c1)N1C(=O)NC2(CCCC2)C1=O. The number of piperazine rings is 1. The number of hydrogen-bond donors (Lipinski definition) is 2. The van der Waals surface area contributed by atoms with E-state index in [-0.39, 0.29) is 23.7 Å². The maximum Gasteiger partial charge on any atom is 0.325 e. The van der Waals surface area contributed by atoms with Gasteiger partial charge in [0.25, 0.3) is 5.91 Å². The zero-order valence-corrected chi connectivity index (χ0v) is 15.9. The summed E-state index contributed by atoms with van der Waals surface area (Å²) < 4.78 is 13.7. The number of nitrogens with zero attached hydrogens (tertiary/aromatic N) is 2. The van der Waals surface area contributed by atoms with Crippen molar-refractivity contribution in [3.8, 4) is 0 Å². The fourth-order valence-electron chi connectivity index (χ4n) is 4.64. The van der Waals surface area contributed by atoms with E-state index in [9.17, 15) is 18.8 Å². The largest absolute Gasteiger partial charge is 0.331 e. The van der Waals surface area contributed by atoms with Crippen LogP contribution < -0.4 is 10.6 Å². The lowest BCUT2D eigenvalue weighted by atomic mass is 9.97. The summed E-state index contributed by atoms with van der Waals surface area (Å²) in [5.41, 5.74) is -0.144. The molecule has 2 atom stereocenters. The van der Waals surface area contributed by atoms with Gasteiger partial charge in [0.2, 0.25) is 5.91 Å². The quantitative estimate of drug-likeness (QED) is 0.770. The first-order valence-electron chi connectivity index (χ1n) is 9.85. The average molecular weight is 388 g/mol. The highest BCUT2D eigenvalue weighted by Gasteiger charge is 2.55. The molecule has 3 fully saturated rings. The van der Waals surface area contributed by atoms with Crippen molar-refractivity contribution in [3.05, 3.63) is 35.6 Å². The van der Waals surface area contributed by atoms with Crippen molar-refractivity contribution in [2.24, 2.45) is 0 Å². The second kappa shape index (κ2) is 7.16. The van der Waals surface area contributed by atoms with Crippen LogP contribution in [0.15, 0.2) is 24.3 Å². The van der Waals surface area contributed by atoms with Gasteiger partial charge < -0.3 is 15.5 Å². The van der Waals surface area contributed by atoms with Crippen LogP contribution in [-0.2, 0) is 9.59 Å². The zero-order valence-electron chi connectivity index (χ0n) is 15.9. The lowest BCUT2D eigenvalue weighted by Gasteiger charge is -2.39. The van der Waals surface area contributed by atoms with Crippen LogP contribution in [0.1, 0.15) is 44.2 Å². The molecule has 8 heteroatoms. The molecule has 2 saturated heterocycles. The predicted octanol–water partition coefficient (Wildman–Crippen LogP) is 1.55. The minimum atomic E-state index is -0.901. The Balaban J connectivity index is 1.57. The fourth-order valence-corrected chi connectivity index (χ4v) is 4.64. The van der Waals surface area contributed by atoms with Crippen molar-refractivity contribution in [2.75, 3.05) is 19.6 Å². The van der Waals surface area contributed by atoms with E-state index in [1.54, 1.807) is 24.0 Å². The number of rotatable bonds is 3. The molecule has 4 rings (SSSR count). The number of benzene rings is 1. The molecule has 1 aliphatic carbocycles. The normalized spacial score (nSPS) is 25.3. The van der Waals surface area contributed by atoms with Gasteiger partial charge in [-0.3, -0.25) is 9.59 Å². The molecule has 150 valence electrons. The van der Waals surface area contributed by atoms with E-state index in [1.165, 1.54) is 12.1 Å². The first kappa shape index (κ1) is 18.9. The lowest BCUT2D eigenvalue weighted by molar-refractivity contribution is -0.145. The summed E-state index contributed by atoms with van der Waals surface area (Å²) in [4.78, 5) is 41.5. The van der Waals surface area contributed by atoms with Crippen LogP contribution in [0.4, 0.5) is 9.18 Å². The number of hydrogen-bond acceptors (Lipinski definition) is 4. The number of urea groups is 1. The van der Waals surface area contributed by atoms with Gasteiger partial charge in [-0.05, 0) is 37.5 Å². The Morgan fingerprint density at radius 2 is 2.04 bits per heavy atom. The van der Waals surface area contributed by atoms with Gasteiger partial charge in [0.05, 0.1) is 6.04 Å². The lowest BCUT2D eigenvalue weighted by Crippen LogP contribution is -2.56. The third kappa shape index (κ3) is 3.05. The Kier molecular flexibility index (Phi) is 4.82. The molecule has 7 nitrogen and oxygen atoms in total. The molecule has 2 aliphatic heterocycles. The number of nitrogens with one attached hydrogen (secondary N) is 2. The molecule has 2 N–H and O–H groups in total. The molecule has 1 spiro atoms. The second-order valence-electron chi connectivity index (χ2n) is 7.88. The first-order valence-corrected chi connectivity index (χ1v) is 9.85. The van der Waals surface area contributed by atoms with Crippen LogP contribution in [0.25, 0.3) is 0 Å². The van der Waals surface area contributed by atoms with Crippen molar-refractivity contribution in [2.45, 2.75) is 50.2 Å². The fraction of sp³-hybridized carbons (Fsp3) is 0.550. The van der Waals surface area contributed by atoms with Gasteiger partial charge in [-0.1, -0.05) is 25.0 Å². The summed E-state index contributed by atoms with van der Waals surface area (Å²) in [7, 11) is 0. The maximum atomic E-state index is 13.7. The van der Waals surface area contributed by atoms with E-state index < -0.39 is 17.6 Å². The number of halogens is 1. The Bertz CT molecular complexity index is 808. The van der Waals surface area contributed by atoms with Gasteiger partial charge in [0, 0.05) is 19.6 Å². The predicted molar refractivity (Wildman–Crippen MR) is 99.8 cm³/mol. The highest BCUT2D eigenvalue weighted by Crippen LogP contribution is 2.36. The van der Waals surface area contributed by atoms with E-state index in [1.807, 2.05) is 0 Å². The van der Waals surface area contributed by atoms with Crippen molar-refractivity contribution in [1.29, 1.82) is 0 Å². The first-order chi connectivity index (χ1) is 13.4. The molecule has 1 aromatic carbocycles. The zero-order chi connectivity index (χ0) is 19.9. The number of imide groups is 1. The van der Waals surface area contributed by atoms with Crippen molar-refractivity contribution >= 4 is 17.8 Å². The summed E-state index contributed by atoms with van der Waals surface area (Å²) in [6.07, 6.45) is 3.02. The highest BCUT2D eigenvalue weighted by atomic mass is 19.1. The summed E-state index contributed by atoms with van der Waals surface area (Å²) >= 11 is 0. The van der Waals surface area contributed by atoms with Gasteiger partial charge >= 0.3 is 6.03 Å². The van der Waals surface area contributed by atoms with Crippen molar-refractivity contribution < 1.29 is 18.8 Å². The molecule has 0 radical (unpaired) electrons. The van der Waals surface area contributed by atoms with Crippen LogP contribution in [-0.4, -0.2) is 58.9 Å². The van der Waals surface area contributed by atoms with E-state index in [2.05, 4.69) is 10.6 Å². The van der Waals surface area contributed by atoms with E-state index >= 15 is 0 Å². The molecule has 28 heavy (non-hydrogen) atoms. The Labute approximate surface area is 163 Å². The summed E-state index contributed by atoms with van der Waals surface area (Å²) in [5, 5.41) is 6.05. The average Bonchev–Trinajstić information content (AvgIpc) is 3.25. The second-order valence-corrected chi connectivity index (χ2v) is 7.88. The molecule has 2 heterocycles. The smallest absolute Gasteiger partial charge is 0.325 e. The highest BCUT2D eigenvalue weighted by molar-refractivity contribution is 6.10. The molecular formula is C20H25FN4O3. The van der Waals surface area contributed by atoms with Crippen LogP contribution >= 0.6 is 0 Å². The van der Waals surface area contributed by atoms with Crippen LogP contribution in [0.5, 0.6) is 0 Å². The number of carbonyl (C=O) groups is 3. The molecule has 4 amide bonds. The maximum absolute atomic E-state index is 13.7. The third-order valence-electron chi connectivity index (χ3n) is 6.15. The standard InChI is InChI=1S/C20H25FN4O3/c1-13(25-18(27)20(23-19(25)28)7-2-3-8-20)17(26)24-10-9-22-12-16(24)14-5-4-6-15(21)11-14/h4-6,11,13,16,22H,2-3,7-10,12H2,1H3,(H,23,28). The molecule has 2 unspecified atom stereocenters. The molecular weight excluding hydrogens is 363 g/mol. The molecule has 0 bridgehead atoms. The molecule has 1 aromatic rings. The summed E-state index contributed by atoms with van der Waals surface area (Å²) in [5.74, 6) is -0.955. The number of carbonyl (C=O) groups excluding carboxylic acids is 3. The Morgan fingerprint density at radius 1 is 1.29 bits per heavy atom. The van der Waals surface area contributed by atoms with Crippen molar-refractivity contribution in [3.63, 3.8) is 0 Å². The van der Waals surface area contributed by atoms with Crippen molar-refractivity contribution in [1.82, 2.24) is 20.4 Å². The van der Waals surface area contributed by atoms with Gasteiger partial charge in [0.1, 0.15) is 17.4 Å². The topological polar surface area (TPSA) is 81.8 Å². The van der Waals surface area contributed by atoms with Gasteiger partial charge in [0.15, 0.2) is 0 Å². The monoisotopic (exact) mass is 388 g/mol. The molecule has 0 aromatic heterocycles. The summed E-state index contributed by atoms with van der Waals surface area (Å²) in [6.45, 7) is 3.12. The molecule has 1 saturated carbocycles. The van der Waals surface area contributed by atoms with Gasteiger partial charge in [-0.25, -0.2) is 14.1 Å². The van der Waals surface area contributed by atoms with Crippen LogP contribution in [0.3, 0.4) is 0 Å². The van der Waals surface area contributed by atoms with Gasteiger partial charge in [-0.2, -0.15) is 0 Å².